The normalized spacial score (nSPS) is 10.4. The van der Waals surface area contributed by atoms with Crippen molar-refractivity contribution in [2.45, 2.75) is 13.8 Å². The Bertz CT molecular complexity index is 526. The second kappa shape index (κ2) is 3.81. The summed E-state index contributed by atoms with van der Waals surface area (Å²) >= 11 is 0. The van der Waals surface area contributed by atoms with Gasteiger partial charge in [0.2, 0.25) is 0 Å². The number of aromatic nitrogens is 2. The van der Waals surface area contributed by atoms with Gasteiger partial charge >= 0.3 is 0 Å². The Morgan fingerprint density at radius 3 is 2.50 bits per heavy atom. The minimum Gasteiger partial charge on any atom is -0.382 e. The Labute approximate surface area is 93.7 Å². The van der Waals surface area contributed by atoms with E-state index in [1.54, 1.807) is 10.9 Å². The Hall–Kier alpha value is -2.10. The number of Topliss-reactive ketones (excluding diaryl/α,β-unsaturated/α-hetero) is 1. The minimum atomic E-state index is -0.0874. The molecule has 0 aliphatic carbocycles. The van der Waals surface area contributed by atoms with Crippen LogP contribution in [-0.4, -0.2) is 15.3 Å². The van der Waals surface area contributed by atoms with Crippen molar-refractivity contribution in [3.63, 3.8) is 0 Å². The fourth-order valence-corrected chi connectivity index (χ4v) is 1.61. The average Bonchev–Trinajstić information content (AvgIpc) is 2.61. The molecule has 0 aliphatic rings. The molecule has 82 valence electrons. The van der Waals surface area contributed by atoms with Crippen LogP contribution >= 0.6 is 0 Å². The molecule has 0 saturated heterocycles. The van der Waals surface area contributed by atoms with Crippen molar-refractivity contribution in [1.29, 1.82) is 0 Å². The summed E-state index contributed by atoms with van der Waals surface area (Å²) in [5.74, 6) is 0.184. The van der Waals surface area contributed by atoms with Gasteiger partial charge in [-0.25, -0.2) is 4.98 Å². The zero-order valence-corrected chi connectivity index (χ0v) is 9.27. The lowest BCUT2D eigenvalue weighted by Gasteiger charge is -2.06. The molecule has 0 atom stereocenters. The number of carbonyl (C=O) groups is 1. The monoisotopic (exact) mass is 215 g/mol. The summed E-state index contributed by atoms with van der Waals surface area (Å²) in [5, 5.41) is 0. The van der Waals surface area contributed by atoms with Gasteiger partial charge in [-0.15, -0.1) is 0 Å². The number of ketones is 1. The van der Waals surface area contributed by atoms with Crippen molar-refractivity contribution in [3.05, 3.63) is 41.9 Å². The lowest BCUT2D eigenvalue weighted by atomic mass is 10.2. The van der Waals surface area contributed by atoms with E-state index in [1.165, 1.54) is 12.5 Å². The van der Waals surface area contributed by atoms with Gasteiger partial charge in [0.15, 0.2) is 11.6 Å². The first-order chi connectivity index (χ1) is 7.59. The van der Waals surface area contributed by atoms with Crippen molar-refractivity contribution < 1.29 is 4.79 Å². The van der Waals surface area contributed by atoms with Gasteiger partial charge in [-0.1, -0.05) is 17.7 Å². The number of anilines is 1. The summed E-state index contributed by atoms with van der Waals surface area (Å²) in [6, 6.07) is 7.83. The number of nitrogen functional groups attached to an aromatic ring is 1. The van der Waals surface area contributed by atoms with Gasteiger partial charge in [0.1, 0.15) is 12.0 Å². The van der Waals surface area contributed by atoms with Crippen molar-refractivity contribution in [1.82, 2.24) is 9.55 Å². The quantitative estimate of drug-likeness (QED) is 0.779. The van der Waals surface area contributed by atoms with Crippen molar-refractivity contribution in [3.8, 4) is 5.69 Å². The molecule has 0 unspecified atom stereocenters. The maximum absolute atomic E-state index is 11.4. The molecule has 0 radical (unpaired) electrons. The van der Waals surface area contributed by atoms with Gasteiger partial charge in [-0.05, 0) is 19.1 Å². The number of nitrogens with two attached hydrogens (primary N) is 1. The van der Waals surface area contributed by atoms with Crippen molar-refractivity contribution in [2.24, 2.45) is 0 Å². The van der Waals surface area contributed by atoms with Crippen LogP contribution in [0.25, 0.3) is 5.69 Å². The SMILES string of the molecule is CC(=O)c1c(N)ncn1-c1ccc(C)cc1. The highest BCUT2D eigenvalue weighted by atomic mass is 16.1. The molecule has 1 aromatic carbocycles. The van der Waals surface area contributed by atoms with Crippen LogP contribution in [0.1, 0.15) is 23.0 Å². The molecule has 4 nitrogen and oxygen atoms in total. The number of imidazole rings is 1. The van der Waals surface area contributed by atoms with E-state index in [0.717, 1.165) is 5.69 Å². The largest absolute Gasteiger partial charge is 0.382 e. The molecule has 0 aliphatic heterocycles. The highest BCUT2D eigenvalue weighted by molar-refractivity contribution is 5.97. The zero-order chi connectivity index (χ0) is 11.7. The van der Waals surface area contributed by atoms with Gasteiger partial charge in [0, 0.05) is 12.6 Å². The van der Waals surface area contributed by atoms with Gasteiger partial charge < -0.3 is 5.73 Å². The number of nitrogens with zero attached hydrogens (tertiary/aromatic N) is 2. The van der Waals surface area contributed by atoms with Gasteiger partial charge in [0.05, 0.1) is 0 Å². The molecule has 1 heterocycles. The van der Waals surface area contributed by atoms with Crippen LogP contribution in [0.4, 0.5) is 5.82 Å². The topological polar surface area (TPSA) is 60.9 Å². The fraction of sp³-hybridized carbons (Fsp3) is 0.167. The molecule has 0 saturated carbocycles. The van der Waals surface area contributed by atoms with Crippen LogP contribution < -0.4 is 5.73 Å². The summed E-state index contributed by atoms with van der Waals surface area (Å²) in [7, 11) is 0. The molecular formula is C12H13N3O. The molecule has 0 fully saturated rings. The van der Waals surface area contributed by atoms with E-state index in [2.05, 4.69) is 4.98 Å². The smallest absolute Gasteiger partial charge is 0.180 e. The summed E-state index contributed by atoms with van der Waals surface area (Å²) in [5.41, 5.74) is 8.15. The molecule has 16 heavy (non-hydrogen) atoms. The molecule has 0 spiro atoms. The van der Waals surface area contributed by atoms with E-state index in [4.69, 9.17) is 5.73 Å². The molecule has 0 amide bonds. The number of hydrogen-bond acceptors (Lipinski definition) is 3. The third-order valence-electron chi connectivity index (χ3n) is 2.44. The Kier molecular flexibility index (Phi) is 2.48. The van der Waals surface area contributed by atoms with Crippen LogP contribution in [0.5, 0.6) is 0 Å². The highest BCUT2D eigenvalue weighted by Gasteiger charge is 2.13. The van der Waals surface area contributed by atoms with Crippen molar-refractivity contribution >= 4 is 11.6 Å². The first-order valence-corrected chi connectivity index (χ1v) is 5.00. The maximum Gasteiger partial charge on any atom is 0.180 e. The van der Waals surface area contributed by atoms with E-state index in [0.29, 0.717) is 5.69 Å². The summed E-state index contributed by atoms with van der Waals surface area (Å²) in [6.07, 6.45) is 1.57. The van der Waals surface area contributed by atoms with Crippen LogP contribution in [0, 0.1) is 6.92 Å². The highest BCUT2D eigenvalue weighted by Crippen LogP contribution is 2.17. The third-order valence-corrected chi connectivity index (χ3v) is 2.44. The standard InChI is InChI=1S/C12H13N3O/c1-8-3-5-10(6-4-8)15-7-14-12(13)11(15)9(2)16/h3-7H,13H2,1-2H3. The van der Waals surface area contributed by atoms with Crippen LogP contribution in [0.3, 0.4) is 0 Å². The molecule has 2 rings (SSSR count). The van der Waals surface area contributed by atoms with E-state index in [9.17, 15) is 4.79 Å². The first kappa shape index (κ1) is 10.4. The Morgan fingerprint density at radius 1 is 1.31 bits per heavy atom. The summed E-state index contributed by atoms with van der Waals surface area (Å²) in [4.78, 5) is 15.4. The number of aryl methyl sites for hydroxylation is 1. The maximum atomic E-state index is 11.4. The molecular weight excluding hydrogens is 202 g/mol. The lowest BCUT2D eigenvalue weighted by Crippen LogP contribution is -2.06. The lowest BCUT2D eigenvalue weighted by molar-refractivity contribution is 0.101. The second-order valence-electron chi connectivity index (χ2n) is 3.74. The number of benzene rings is 1. The molecule has 0 bridgehead atoms. The summed E-state index contributed by atoms with van der Waals surface area (Å²) < 4.78 is 1.71. The van der Waals surface area contributed by atoms with E-state index in [-0.39, 0.29) is 11.6 Å². The first-order valence-electron chi connectivity index (χ1n) is 5.00. The van der Waals surface area contributed by atoms with Crippen LogP contribution in [0.15, 0.2) is 30.6 Å². The van der Waals surface area contributed by atoms with Gasteiger partial charge in [-0.2, -0.15) is 0 Å². The number of hydrogen-bond donors (Lipinski definition) is 1. The molecule has 2 aromatic rings. The summed E-state index contributed by atoms with van der Waals surface area (Å²) in [6.45, 7) is 3.50. The van der Waals surface area contributed by atoms with Gasteiger partial charge in [0.25, 0.3) is 0 Å². The second-order valence-corrected chi connectivity index (χ2v) is 3.74. The Balaban J connectivity index is 2.56. The predicted molar refractivity (Wildman–Crippen MR) is 62.7 cm³/mol. The van der Waals surface area contributed by atoms with Crippen LogP contribution in [-0.2, 0) is 0 Å². The Morgan fingerprint density at radius 2 is 1.94 bits per heavy atom. The van der Waals surface area contributed by atoms with E-state index < -0.39 is 0 Å². The number of rotatable bonds is 2. The van der Waals surface area contributed by atoms with E-state index in [1.807, 2.05) is 31.2 Å². The van der Waals surface area contributed by atoms with E-state index >= 15 is 0 Å². The number of carbonyl (C=O) groups excluding carboxylic acids is 1. The predicted octanol–water partition coefficient (Wildman–Crippen LogP) is 1.97. The minimum absolute atomic E-state index is 0.0874. The zero-order valence-electron chi connectivity index (χ0n) is 9.27. The molecule has 2 N–H and O–H groups in total. The molecule has 4 heteroatoms. The average molecular weight is 215 g/mol. The van der Waals surface area contributed by atoms with Gasteiger partial charge in [-0.3, -0.25) is 9.36 Å². The van der Waals surface area contributed by atoms with Crippen molar-refractivity contribution in [2.75, 3.05) is 5.73 Å². The fourth-order valence-electron chi connectivity index (χ4n) is 1.61. The van der Waals surface area contributed by atoms with Crippen LogP contribution in [0.2, 0.25) is 0 Å². The molecule has 1 aromatic heterocycles. The third kappa shape index (κ3) is 1.69.